The van der Waals surface area contributed by atoms with E-state index in [9.17, 15) is 0 Å². The second-order valence-corrected chi connectivity index (χ2v) is 4.64. The maximum absolute atomic E-state index is 6.01. The average molecular weight is 235 g/mol. The lowest BCUT2D eigenvalue weighted by atomic mass is 10.2. The lowest BCUT2D eigenvalue weighted by Crippen LogP contribution is -2.18. The van der Waals surface area contributed by atoms with Crippen LogP contribution in [0.4, 0.5) is 0 Å². The zero-order valence-electron chi connectivity index (χ0n) is 8.61. The molecule has 0 unspecified atom stereocenters. The lowest BCUT2D eigenvalue weighted by molar-refractivity contribution is 0.440. The Kier molecular flexibility index (Phi) is 2.06. The Balaban J connectivity index is 1.98. The Hall–Kier alpha value is -1.32. The largest absolute Gasteiger partial charge is 0.446 e. The maximum atomic E-state index is 6.01. The zero-order valence-corrected chi connectivity index (χ0v) is 9.37. The summed E-state index contributed by atoms with van der Waals surface area (Å²) in [7, 11) is 0. The van der Waals surface area contributed by atoms with Gasteiger partial charge in [0.05, 0.1) is 5.54 Å². The van der Waals surface area contributed by atoms with E-state index in [0.717, 1.165) is 24.1 Å². The molecular formula is C12H11ClN2O. The summed E-state index contributed by atoms with van der Waals surface area (Å²) in [6.45, 7) is 0. The molecule has 82 valence electrons. The summed E-state index contributed by atoms with van der Waals surface area (Å²) in [5.41, 5.74) is 7.42. The molecule has 1 aromatic carbocycles. The van der Waals surface area contributed by atoms with E-state index in [2.05, 4.69) is 4.98 Å². The Morgan fingerprint density at radius 3 is 2.88 bits per heavy atom. The van der Waals surface area contributed by atoms with Gasteiger partial charge in [-0.05, 0) is 25.0 Å². The van der Waals surface area contributed by atoms with Crippen molar-refractivity contribution in [3.05, 3.63) is 41.4 Å². The Labute approximate surface area is 98.2 Å². The van der Waals surface area contributed by atoms with Crippen molar-refractivity contribution < 1.29 is 4.42 Å². The van der Waals surface area contributed by atoms with Crippen molar-refractivity contribution in [1.82, 2.24) is 4.98 Å². The second kappa shape index (κ2) is 3.34. The Bertz CT molecular complexity index is 531. The molecule has 3 nitrogen and oxygen atoms in total. The molecule has 1 aliphatic carbocycles. The van der Waals surface area contributed by atoms with Gasteiger partial charge in [-0.15, -0.1) is 0 Å². The normalized spacial score (nSPS) is 17.4. The van der Waals surface area contributed by atoms with E-state index in [-0.39, 0.29) is 5.54 Å². The highest BCUT2D eigenvalue weighted by Crippen LogP contribution is 2.42. The first kappa shape index (κ1) is 9.87. The molecule has 0 saturated heterocycles. The van der Waals surface area contributed by atoms with E-state index in [1.165, 1.54) is 0 Å². The van der Waals surface area contributed by atoms with Crippen molar-refractivity contribution in [2.24, 2.45) is 5.73 Å². The smallest absolute Gasteiger partial charge is 0.214 e. The Morgan fingerprint density at radius 1 is 1.38 bits per heavy atom. The van der Waals surface area contributed by atoms with Gasteiger partial charge in [0.1, 0.15) is 12.0 Å². The van der Waals surface area contributed by atoms with Crippen LogP contribution in [0, 0.1) is 0 Å². The molecule has 1 heterocycles. The molecule has 1 aromatic heterocycles. The number of nitrogens with two attached hydrogens (primary N) is 1. The van der Waals surface area contributed by atoms with Crippen LogP contribution >= 0.6 is 11.6 Å². The molecule has 0 atom stereocenters. The summed E-state index contributed by atoms with van der Waals surface area (Å²) in [5, 5.41) is 0.691. The fourth-order valence-corrected chi connectivity index (χ4v) is 1.82. The maximum Gasteiger partial charge on any atom is 0.214 e. The molecule has 4 heteroatoms. The summed E-state index contributed by atoms with van der Waals surface area (Å²) in [6, 6.07) is 7.53. The molecule has 0 bridgehead atoms. The summed E-state index contributed by atoms with van der Waals surface area (Å²) in [4.78, 5) is 4.41. The van der Waals surface area contributed by atoms with Crippen LogP contribution in [0.1, 0.15) is 18.7 Å². The number of hydrogen-bond acceptors (Lipinski definition) is 3. The quantitative estimate of drug-likeness (QED) is 0.869. The number of nitrogens with zero attached hydrogens (tertiary/aromatic N) is 1. The Morgan fingerprint density at radius 2 is 2.19 bits per heavy atom. The molecular weight excluding hydrogens is 224 g/mol. The van der Waals surface area contributed by atoms with Crippen molar-refractivity contribution >= 4 is 11.6 Å². The standard InChI is InChI=1S/C12H11ClN2O/c13-9-3-1-2-8(6-9)10-7-16-11(15-10)12(14)4-5-12/h1-3,6-7H,4-5,14H2. The van der Waals surface area contributed by atoms with E-state index in [4.69, 9.17) is 21.8 Å². The third-order valence-electron chi connectivity index (χ3n) is 2.84. The van der Waals surface area contributed by atoms with Gasteiger partial charge in [-0.1, -0.05) is 23.7 Å². The van der Waals surface area contributed by atoms with Gasteiger partial charge in [-0.3, -0.25) is 0 Å². The minimum Gasteiger partial charge on any atom is -0.446 e. The lowest BCUT2D eigenvalue weighted by Gasteiger charge is -2.00. The zero-order chi connectivity index (χ0) is 11.2. The van der Waals surface area contributed by atoms with Gasteiger partial charge in [-0.25, -0.2) is 4.98 Å². The van der Waals surface area contributed by atoms with Gasteiger partial charge < -0.3 is 10.2 Å². The first-order valence-corrected chi connectivity index (χ1v) is 5.56. The third kappa shape index (κ3) is 1.62. The summed E-state index contributed by atoms with van der Waals surface area (Å²) >= 11 is 5.92. The summed E-state index contributed by atoms with van der Waals surface area (Å²) in [6.07, 6.45) is 3.53. The van der Waals surface area contributed by atoms with E-state index < -0.39 is 0 Å². The fourth-order valence-electron chi connectivity index (χ4n) is 1.63. The number of hydrogen-bond donors (Lipinski definition) is 1. The molecule has 0 aliphatic heterocycles. The van der Waals surface area contributed by atoms with Crippen LogP contribution in [-0.2, 0) is 5.54 Å². The molecule has 1 saturated carbocycles. The van der Waals surface area contributed by atoms with Gasteiger partial charge in [0, 0.05) is 10.6 Å². The van der Waals surface area contributed by atoms with Crippen molar-refractivity contribution in [3.8, 4) is 11.3 Å². The topological polar surface area (TPSA) is 52.0 Å². The molecule has 2 N–H and O–H groups in total. The highest BCUT2D eigenvalue weighted by atomic mass is 35.5. The SMILES string of the molecule is NC1(c2nc(-c3cccc(Cl)c3)co2)CC1. The molecule has 1 aliphatic rings. The van der Waals surface area contributed by atoms with E-state index in [1.807, 2.05) is 24.3 Å². The molecule has 16 heavy (non-hydrogen) atoms. The van der Waals surface area contributed by atoms with Crippen LogP contribution in [0.5, 0.6) is 0 Å². The molecule has 3 rings (SSSR count). The van der Waals surface area contributed by atoms with Gasteiger partial charge in [0.25, 0.3) is 0 Å². The minimum atomic E-state index is -0.323. The van der Waals surface area contributed by atoms with Gasteiger partial charge in [-0.2, -0.15) is 0 Å². The van der Waals surface area contributed by atoms with Crippen molar-refractivity contribution in [2.45, 2.75) is 18.4 Å². The first-order valence-electron chi connectivity index (χ1n) is 5.18. The molecule has 0 radical (unpaired) electrons. The minimum absolute atomic E-state index is 0.323. The fraction of sp³-hybridized carbons (Fsp3) is 0.250. The van der Waals surface area contributed by atoms with Crippen LogP contribution in [0.2, 0.25) is 5.02 Å². The highest BCUT2D eigenvalue weighted by molar-refractivity contribution is 6.30. The second-order valence-electron chi connectivity index (χ2n) is 4.20. The van der Waals surface area contributed by atoms with Gasteiger partial charge in [0.2, 0.25) is 5.89 Å². The predicted molar refractivity (Wildman–Crippen MR) is 62.0 cm³/mol. The summed E-state index contributed by atoms with van der Waals surface area (Å²) in [5.74, 6) is 0.627. The van der Waals surface area contributed by atoms with Crippen molar-refractivity contribution in [3.63, 3.8) is 0 Å². The van der Waals surface area contributed by atoms with Crippen molar-refractivity contribution in [2.75, 3.05) is 0 Å². The summed E-state index contributed by atoms with van der Waals surface area (Å²) < 4.78 is 5.41. The molecule has 0 spiro atoms. The third-order valence-corrected chi connectivity index (χ3v) is 3.07. The van der Waals surface area contributed by atoms with E-state index in [0.29, 0.717) is 10.9 Å². The van der Waals surface area contributed by atoms with Crippen LogP contribution < -0.4 is 5.73 Å². The van der Waals surface area contributed by atoms with Crippen molar-refractivity contribution in [1.29, 1.82) is 0 Å². The number of benzene rings is 1. The van der Waals surface area contributed by atoms with Crippen LogP contribution in [0.3, 0.4) is 0 Å². The molecule has 1 fully saturated rings. The van der Waals surface area contributed by atoms with E-state index in [1.54, 1.807) is 6.26 Å². The number of halogens is 1. The number of rotatable bonds is 2. The van der Waals surface area contributed by atoms with Crippen LogP contribution in [-0.4, -0.2) is 4.98 Å². The molecule has 2 aromatic rings. The van der Waals surface area contributed by atoms with Gasteiger partial charge in [0.15, 0.2) is 0 Å². The first-order chi connectivity index (χ1) is 7.67. The van der Waals surface area contributed by atoms with E-state index >= 15 is 0 Å². The van der Waals surface area contributed by atoms with Crippen LogP contribution in [0.15, 0.2) is 34.9 Å². The number of aromatic nitrogens is 1. The molecule has 0 amide bonds. The van der Waals surface area contributed by atoms with Gasteiger partial charge >= 0.3 is 0 Å². The number of oxazole rings is 1. The van der Waals surface area contributed by atoms with Crippen LogP contribution in [0.25, 0.3) is 11.3 Å². The average Bonchev–Trinajstić information content (AvgIpc) is 2.83. The monoisotopic (exact) mass is 234 g/mol. The predicted octanol–water partition coefficient (Wildman–Crippen LogP) is 2.94. The highest BCUT2D eigenvalue weighted by Gasteiger charge is 2.44.